The molecule has 1 atom stereocenters. The molecule has 3 N–H and O–H groups in total. The second kappa shape index (κ2) is 10.6. The summed E-state index contributed by atoms with van der Waals surface area (Å²) in [6.45, 7) is 0. The zero-order valence-electron chi connectivity index (χ0n) is 17.2. The molecule has 1 amide bonds. The highest BCUT2D eigenvalue weighted by Crippen LogP contribution is 2.35. The zero-order valence-corrected chi connectivity index (χ0v) is 17.2. The number of hydrogen-bond donors (Lipinski definition) is 2. The van der Waals surface area contributed by atoms with Crippen LogP contribution in [0.2, 0.25) is 0 Å². The van der Waals surface area contributed by atoms with Gasteiger partial charge in [-0.15, -0.1) is 0 Å². The fourth-order valence-corrected chi connectivity index (χ4v) is 5.22. The van der Waals surface area contributed by atoms with E-state index in [1.807, 2.05) is 30.3 Å². The van der Waals surface area contributed by atoms with Gasteiger partial charge in [-0.05, 0) is 43.2 Å². The minimum atomic E-state index is -0.164. The third kappa shape index (κ3) is 5.83. The molecule has 2 aliphatic carbocycles. The van der Waals surface area contributed by atoms with Crippen LogP contribution in [0.15, 0.2) is 30.3 Å². The van der Waals surface area contributed by atoms with E-state index in [4.69, 9.17) is 11.1 Å². The van der Waals surface area contributed by atoms with Crippen molar-refractivity contribution in [1.29, 1.82) is 5.41 Å². The van der Waals surface area contributed by atoms with Crippen molar-refractivity contribution in [2.45, 2.75) is 83.5 Å². The number of nitrogens with zero attached hydrogens (tertiary/aromatic N) is 1. The van der Waals surface area contributed by atoms with E-state index in [-0.39, 0.29) is 17.8 Å². The average molecular weight is 384 g/mol. The molecule has 28 heavy (non-hydrogen) atoms. The van der Waals surface area contributed by atoms with Gasteiger partial charge in [-0.1, -0.05) is 82.4 Å². The van der Waals surface area contributed by atoms with Gasteiger partial charge in [-0.2, -0.15) is 0 Å². The molecule has 154 valence electrons. The Bertz CT molecular complexity index is 618. The molecule has 0 radical (unpaired) electrons. The highest BCUT2D eigenvalue weighted by atomic mass is 16.2. The second-order valence-corrected chi connectivity index (χ2v) is 8.91. The van der Waals surface area contributed by atoms with E-state index in [0.717, 1.165) is 25.2 Å². The summed E-state index contributed by atoms with van der Waals surface area (Å²) in [5, 5.41) is 8.04. The van der Waals surface area contributed by atoms with Crippen LogP contribution in [0.4, 0.5) is 5.69 Å². The number of para-hydroxylation sites is 1. The highest BCUT2D eigenvalue weighted by Gasteiger charge is 2.31. The Hall–Kier alpha value is -1.84. The number of benzene rings is 1. The summed E-state index contributed by atoms with van der Waals surface area (Å²) < 4.78 is 0. The van der Waals surface area contributed by atoms with E-state index in [0.29, 0.717) is 11.6 Å². The molecule has 1 aromatic carbocycles. The van der Waals surface area contributed by atoms with Crippen molar-refractivity contribution in [2.24, 2.45) is 23.5 Å². The van der Waals surface area contributed by atoms with Gasteiger partial charge in [0.05, 0.1) is 5.69 Å². The van der Waals surface area contributed by atoms with Crippen LogP contribution in [-0.2, 0) is 4.79 Å². The molecule has 1 aromatic rings. The summed E-state index contributed by atoms with van der Waals surface area (Å²) in [4.78, 5) is 15.0. The van der Waals surface area contributed by atoms with Crippen LogP contribution in [0.25, 0.3) is 0 Å². The van der Waals surface area contributed by atoms with Gasteiger partial charge < -0.3 is 5.73 Å². The van der Waals surface area contributed by atoms with E-state index in [1.165, 1.54) is 69.1 Å². The minimum absolute atomic E-state index is 0.0193. The Morgan fingerprint density at radius 1 is 0.964 bits per heavy atom. The molecule has 4 nitrogen and oxygen atoms in total. The molecule has 0 unspecified atom stereocenters. The van der Waals surface area contributed by atoms with Crippen LogP contribution in [-0.4, -0.2) is 11.9 Å². The number of nitrogens with two attached hydrogens (primary N) is 1. The van der Waals surface area contributed by atoms with Crippen molar-refractivity contribution in [1.82, 2.24) is 0 Å². The average Bonchev–Trinajstić information content (AvgIpc) is 2.73. The third-order valence-corrected chi connectivity index (χ3v) is 6.82. The maximum Gasteiger partial charge on any atom is 0.236 e. The van der Waals surface area contributed by atoms with Crippen LogP contribution in [0.5, 0.6) is 0 Å². The summed E-state index contributed by atoms with van der Waals surface area (Å²) in [5.74, 6) is 1.27. The molecule has 2 fully saturated rings. The van der Waals surface area contributed by atoms with Gasteiger partial charge in [0.15, 0.2) is 5.96 Å². The van der Waals surface area contributed by atoms with Gasteiger partial charge in [0.2, 0.25) is 5.91 Å². The molecule has 4 heteroatoms. The quantitative estimate of drug-likeness (QED) is 0.457. The fourth-order valence-electron chi connectivity index (χ4n) is 5.22. The van der Waals surface area contributed by atoms with Crippen LogP contribution in [0.1, 0.15) is 83.5 Å². The summed E-state index contributed by atoms with van der Waals surface area (Å²) >= 11 is 0. The molecule has 0 saturated heterocycles. The van der Waals surface area contributed by atoms with Crippen LogP contribution in [0, 0.1) is 23.2 Å². The van der Waals surface area contributed by atoms with Crippen molar-refractivity contribution < 1.29 is 4.79 Å². The van der Waals surface area contributed by atoms with Crippen LogP contribution >= 0.6 is 0 Å². The predicted molar refractivity (Wildman–Crippen MR) is 116 cm³/mol. The molecule has 2 saturated carbocycles. The lowest BCUT2D eigenvalue weighted by Crippen LogP contribution is -2.45. The summed E-state index contributed by atoms with van der Waals surface area (Å²) in [6, 6.07) is 9.47. The molecule has 0 spiro atoms. The fraction of sp³-hybridized carbons (Fsp3) is 0.667. The second-order valence-electron chi connectivity index (χ2n) is 8.91. The number of nitrogens with one attached hydrogen (secondary N) is 1. The van der Waals surface area contributed by atoms with E-state index in [2.05, 4.69) is 0 Å². The first-order chi connectivity index (χ1) is 13.6. The van der Waals surface area contributed by atoms with E-state index >= 15 is 0 Å². The molecule has 2 aliphatic rings. The van der Waals surface area contributed by atoms with Crippen molar-refractivity contribution in [3.8, 4) is 0 Å². The maximum atomic E-state index is 13.5. The third-order valence-electron chi connectivity index (χ3n) is 6.82. The van der Waals surface area contributed by atoms with Crippen molar-refractivity contribution in [3.05, 3.63) is 30.3 Å². The summed E-state index contributed by atoms with van der Waals surface area (Å²) in [5.41, 5.74) is 6.58. The van der Waals surface area contributed by atoms with E-state index in [1.54, 1.807) is 0 Å². The first-order valence-corrected chi connectivity index (χ1v) is 11.4. The lowest BCUT2D eigenvalue weighted by molar-refractivity contribution is -0.122. The van der Waals surface area contributed by atoms with Crippen molar-refractivity contribution >= 4 is 17.6 Å². The molecule has 3 rings (SSSR count). The number of anilines is 1. The molecular formula is C24H37N3O. The number of rotatable bonds is 7. The Morgan fingerprint density at radius 3 is 2.11 bits per heavy atom. The molecule has 0 heterocycles. The Kier molecular flexibility index (Phi) is 7.93. The SMILES string of the molecule is N=C(N)N(C(=O)[C@@H](CCC1CCCCC1)CC1CCCCC1)c1ccccc1. The minimum Gasteiger partial charge on any atom is -0.369 e. The first kappa shape index (κ1) is 20.9. The van der Waals surface area contributed by atoms with E-state index < -0.39 is 0 Å². The van der Waals surface area contributed by atoms with Crippen LogP contribution < -0.4 is 10.6 Å². The van der Waals surface area contributed by atoms with Crippen molar-refractivity contribution in [2.75, 3.05) is 4.90 Å². The maximum absolute atomic E-state index is 13.5. The summed E-state index contributed by atoms with van der Waals surface area (Å²) in [6.07, 6.45) is 16.2. The van der Waals surface area contributed by atoms with Gasteiger partial charge in [0.25, 0.3) is 0 Å². The Morgan fingerprint density at radius 2 is 1.54 bits per heavy atom. The number of amides is 1. The van der Waals surface area contributed by atoms with E-state index in [9.17, 15) is 4.79 Å². The smallest absolute Gasteiger partial charge is 0.236 e. The number of carbonyl (C=O) groups excluding carboxylic acids is 1. The largest absolute Gasteiger partial charge is 0.369 e. The van der Waals surface area contributed by atoms with Gasteiger partial charge >= 0.3 is 0 Å². The van der Waals surface area contributed by atoms with Crippen LogP contribution in [0.3, 0.4) is 0 Å². The zero-order chi connectivity index (χ0) is 19.8. The molecule has 0 aliphatic heterocycles. The van der Waals surface area contributed by atoms with Gasteiger partial charge in [-0.3, -0.25) is 15.1 Å². The number of hydrogen-bond acceptors (Lipinski definition) is 2. The lowest BCUT2D eigenvalue weighted by atomic mass is 9.78. The first-order valence-electron chi connectivity index (χ1n) is 11.4. The topological polar surface area (TPSA) is 70.2 Å². The van der Waals surface area contributed by atoms with Crippen molar-refractivity contribution in [3.63, 3.8) is 0 Å². The van der Waals surface area contributed by atoms with Gasteiger partial charge in [0.1, 0.15) is 0 Å². The molecule has 0 aromatic heterocycles. The standard InChI is InChI=1S/C24H37N3O/c25-24(26)27(22-14-8-3-9-15-22)23(28)21(18-20-12-6-2-7-13-20)17-16-19-10-4-1-5-11-19/h3,8-9,14-15,19-21H,1-2,4-7,10-13,16-18H2,(H3,25,26)/t21-/m0/s1. The summed E-state index contributed by atoms with van der Waals surface area (Å²) in [7, 11) is 0. The predicted octanol–water partition coefficient (Wildman–Crippen LogP) is 5.86. The Balaban J connectivity index is 1.72. The van der Waals surface area contributed by atoms with Gasteiger partial charge in [-0.25, -0.2) is 0 Å². The van der Waals surface area contributed by atoms with Gasteiger partial charge in [0, 0.05) is 5.92 Å². The lowest BCUT2D eigenvalue weighted by Gasteiger charge is -2.31. The monoisotopic (exact) mass is 383 g/mol. The number of carbonyl (C=O) groups is 1. The molecule has 0 bridgehead atoms. The normalized spacial score (nSPS) is 19.9. The molecular weight excluding hydrogens is 346 g/mol. The number of guanidine groups is 1. The Labute approximate surface area is 170 Å². The highest BCUT2D eigenvalue weighted by molar-refractivity contribution is 6.15.